The van der Waals surface area contributed by atoms with Crippen molar-refractivity contribution in [1.29, 1.82) is 0 Å². The molecule has 10 heteroatoms. The summed E-state index contributed by atoms with van der Waals surface area (Å²) >= 11 is 0. The third-order valence-corrected chi connectivity index (χ3v) is 5.85. The summed E-state index contributed by atoms with van der Waals surface area (Å²) in [4.78, 5) is 25.3. The van der Waals surface area contributed by atoms with E-state index in [9.17, 15) is 4.79 Å². The maximum absolute atomic E-state index is 12.1. The minimum atomic E-state index is -0.346. The van der Waals surface area contributed by atoms with Gasteiger partial charge >= 0.3 is 0 Å². The first-order chi connectivity index (χ1) is 18.7. The lowest BCUT2D eigenvalue weighted by Crippen LogP contribution is -2.44. The highest BCUT2D eigenvalue weighted by molar-refractivity contribution is 6.03. The molecule has 194 valence electrons. The molecule has 0 spiro atoms. The fraction of sp³-hybridized carbons (Fsp3) is 0.214. The molecular formula is C28H28N6O4. The van der Waals surface area contributed by atoms with E-state index in [1.807, 2.05) is 42.5 Å². The summed E-state index contributed by atoms with van der Waals surface area (Å²) < 4.78 is 17.4. The smallest absolute Gasteiger partial charge is 0.247 e. The number of morpholine rings is 1. The number of benzene rings is 2. The van der Waals surface area contributed by atoms with Crippen LogP contribution in [0.2, 0.25) is 0 Å². The van der Waals surface area contributed by atoms with E-state index >= 15 is 0 Å². The summed E-state index contributed by atoms with van der Waals surface area (Å²) in [5.41, 5.74) is 2.83. The predicted octanol–water partition coefficient (Wildman–Crippen LogP) is 3.84. The molecule has 0 saturated carbocycles. The van der Waals surface area contributed by atoms with Gasteiger partial charge in [0.25, 0.3) is 0 Å². The molecule has 1 aliphatic rings. The third-order valence-electron chi connectivity index (χ3n) is 5.85. The fourth-order valence-electron chi connectivity index (χ4n) is 3.91. The quantitative estimate of drug-likeness (QED) is 0.272. The van der Waals surface area contributed by atoms with Crippen LogP contribution in [0.4, 0.5) is 17.2 Å². The number of pyridine rings is 1. The molecule has 3 N–H and O–H groups in total. The second-order valence-corrected chi connectivity index (χ2v) is 8.58. The van der Waals surface area contributed by atoms with Crippen molar-refractivity contribution in [3.8, 4) is 11.5 Å². The van der Waals surface area contributed by atoms with E-state index in [4.69, 9.17) is 14.2 Å². The molecule has 1 atom stereocenters. The van der Waals surface area contributed by atoms with Crippen LogP contribution in [0, 0.1) is 0 Å². The summed E-state index contributed by atoms with van der Waals surface area (Å²) in [5.74, 6) is 1.46. The number of ether oxygens (including phenoxy) is 3. The number of fused-ring (bicyclic) bond motifs is 1. The molecule has 0 bridgehead atoms. The van der Waals surface area contributed by atoms with E-state index < -0.39 is 0 Å². The molecule has 10 nitrogen and oxygen atoms in total. The number of hydrogen-bond acceptors (Lipinski definition) is 9. The zero-order chi connectivity index (χ0) is 26.2. The number of carbonyl (C=O) groups excluding carboxylic acids is 1. The lowest BCUT2D eigenvalue weighted by Gasteiger charge is -2.24. The van der Waals surface area contributed by atoms with Gasteiger partial charge < -0.3 is 30.2 Å². The van der Waals surface area contributed by atoms with Crippen LogP contribution in [-0.2, 0) is 16.1 Å². The standard InChI is InChI=1S/C28H28N6O4/c1-2-27(35)34-25-13-23-24(14-26(25)38-17-21-15-36-12-11-30-21)31-18-32-28(23)33-19-6-8-22(9-7-19)37-16-20-5-3-4-10-29-20/h2-10,13-14,18,21,30H,1,11-12,15-17H2,(H,34,35)(H,31,32,33). The van der Waals surface area contributed by atoms with Gasteiger partial charge in [0.05, 0.1) is 36.2 Å². The van der Waals surface area contributed by atoms with E-state index in [0.29, 0.717) is 54.6 Å². The van der Waals surface area contributed by atoms with Gasteiger partial charge in [-0.05, 0) is 48.5 Å². The Morgan fingerprint density at radius 2 is 2.03 bits per heavy atom. The van der Waals surface area contributed by atoms with Crippen LogP contribution in [0.25, 0.3) is 10.9 Å². The van der Waals surface area contributed by atoms with Crippen LogP contribution in [0.15, 0.2) is 79.8 Å². The summed E-state index contributed by atoms with van der Waals surface area (Å²) in [7, 11) is 0. The van der Waals surface area contributed by atoms with E-state index in [1.165, 1.54) is 12.4 Å². The van der Waals surface area contributed by atoms with Gasteiger partial charge in [-0.2, -0.15) is 0 Å². The lowest BCUT2D eigenvalue weighted by molar-refractivity contribution is -0.111. The Morgan fingerprint density at radius 1 is 1.13 bits per heavy atom. The second kappa shape index (κ2) is 12.1. The first kappa shape index (κ1) is 25.1. The largest absolute Gasteiger partial charge is 0.490 e. The van der Waals surface area contributed by atoms with Gasteiger partial charge in [0.2, 0.25) is 5.91 Å². The zero-order valence-electron chi connectivity index (χ0n) is 20.7. The minimum Gasteiger partial charge on any atom is -0.490 e. The number of aromatic nitrogens is 3. The van der Waals surface area contributed by atoms with Gasteiger partial charge in [0, 0.05) is 29.9 Å². The monoisotopic (exact) mass is 512 g/mol. The van der Waals surface area contributed by atoms with Crippen molar-refractivity contribution in [2.75, 3.05) is 37.0 Å². The summed E-state index contributed by atoms with van der Waals surface area (Å²) in [6, 6.07) is 16.9. The fourth-order valence-corrected chi connectivity index (χ4v) is 3.91. The van der Waals surface area contributed by atoms with Crippen molar-refractivity contribution >= 4 is 34.0 Å². The van der Waals surface area contributed by atoms with Crippen molar-refractivity contribution in [1.82, 2.24) is 20.3 Å². The molecule has 2 aromatic heterocycles. The first-order valence-corrected chi connectivity index (χ1v) is 12.2. The third kappa shape index (κ3) is 6.41. The van der Waals surface area contributed by atoms with Crippen molar-refractivity contribution in [3.05, 3.63) is 85.5 Å². The Labute approximate surface area is 220 Å². The second-order valence-electron chi connectivity index (χ2n) is 8.58. The van der Waals surface area contributed by atoms with Gasteiger partial charge in [-0.3, -0.25) is 9.78 Å². The number of nitrogens with zero attached hydrogens (tertiary/aromatic N) is 3. The number of rotatable bonds is 10. The highest BCUT2D eigenvalue weighted by Gasteiger charge is 2.17. The average Bonchev–Trinajstić information content (AvgIpc) is 2.97. The van der Waals surface area contributed by atoms with E-state index in [-0.39, 0.29) is 11.9 Å². The molecule has 38 heavy (non-hydrogen) atoms. The van der Waals surface area contributed by atoms with Crippen LogP contribution in [-0.4, -0.2) is 53.3 Å². The molecule has 2 aromatic carbocycles. The topological polar surface area (TPSA) is 120 Å². The van der Waals surface area contributed by atoms with Crippen LogP contribution in [0.5, 0.6) is 11.5 Å². The number of nitrogens with one attached hydrogen (secondary N) is 3. The minimum absolute atomic E-state index is 0.0564. The molecule has 1 fully saturated rings. The summed E-state index contributed by atoms with van der Waals surface area (Å²) in [5, 5.41) is 10.2. The molecular weight excluding hydrogens is 484 g/mol. The Morgan fingerprint density at radius 3 is 2.79 bits per heavy atom. The molecule has 1 unspecified atom stereocenters. The molecule has 1 saturated heterocycles. The van der Waals surface area contributed by atoms with E-state index in [2.05, 4.69) is 37.5 Å². The van der Waals surface area contributed by atoms with Gasteiger partial charge in [-0.1, -0.05) is 12.6 Å². The highest BCUT2D eigenvalue weighted by atomic mass is 16.5. The normalized spacial score (nSPS) is 15.0. The summed E-state index contributed by atoms with van der Waals surface area (Å²) in [6.07, 6.45) is 4.43. The van der Waals surface area contributed by atoms with Gasteiger partial charge in [-0.15, -0.1) is 0 Å². The maximum Gasteiger partial charge on any atom is 0.247 e. The molecule has 1 aliphatic heterocycles. The molecule has 0 aliphatic carbocycles. The van der Waals surface area contributed by atoms with Crippen LogP contribution >= 0.6 is 0 Å². The molecule has 3 heterocycles. The Hall–Kier alpha value is -4.54. The van der Waals surface area contributed by atoms with E-state index in [1.54, 1.807) is 18.3 Å². The van der Waals surface area contributed by atoms with Crippen molar-refractivity contribution in [2.45, 2.75) is 12.6 Å². The number of amides is 1. The lowest BCUT2D eigenvalue weighted by atomic mass is 10.1. The van der Waals surface area contributed by atoms with Crippen molar-refractivity contribution in [2.24, 2.45) is 0 Å². The molecule has 0 radical (unpaired) electrons. The Balaban J connectivity index is 1.34. The molecule has 4 aromatic rings. The predicted molar refractivity (Wildman–Crippen MR) is 145 cm³/mol. The van der Waals surface area contributed by atoms with Gasteiger partial charge in [-0.25, -0.2) is 9.97 Å². The Kier molecular flexibility index (Phi) is 8.02. The van der Waals surface area contributed by atoms with Crippen LogP contribution in [0.3, 0.4) is 0 Å². The molecule has 5 rings (SSSR count). The molecule has 1 amide bonds. The Bertz CT molecular complexity index is 1390. The van der Waals surface area contributed by atoms with E-state index in [0.717, 1.165) is 23.7 Å². The number of hydrogen-bond donors (Lipinski definition) is 3. The number of carbonyl (C=O) groups is 1. The zero-order valence-corrected chi connectivity index (χ0v) is 20.7. The average molecular weight is 513 g/mol. The van der Waals surface area contributed by atoms with Crippen molar-refractivity contribution in [3.63, 3.8) is 0 Å². The summed E-state index contributed by atoms with van der Waals surface area (Å²) in [6.45, 7) is 6.33. The first-order valence-electron chi connectivity index (χ1n) is 12.2. The van der Waals surface area contributed by atoms with Gasteiger partial charge in [0.1, 0.15) is 36.9 Å². The van der Waals surface area contributed by atoms with Crippen molar-refractivity contribution < 1.29 is 19.0 Å². The maximum atomic E-state index is 12.1. The van der Waals surface area contributed by atoms with Crippen LogP contribution in [0.1, 0.15) is 5.69 Å². The van der Waals surface area contributed by atoms with Gasteiger partial charge in [0.15, 0.2) is 0 Å². The number of anilines is 3. The highest BCUT2D eigenvalue weighted by Crippen LogP contribution is 2.33. The SMILES string of the molecule is C=CC(=O)Nc1cc2c(Nc3ccc(OCc4ccccn4)cc3)ncnc2cc1OCC1COCCN1. The van der Waals surface area contributed by atoms with Crippen LogP contribution < -0.4 is 25.4 Å².